The zero-order chi connectivity index (χ0) is 13.4. The average Bonchev–Trinajstić information content (AvgIpc) is 2.83. The summed E-state index contributed by atoms with van der Waals surface area (Å²) in [5.41, 5.74) is 2.27. The molecule has 2 fully saturated rings. The lowest BCUT2D eigenvalue weighted by atomic mass is 10.2. The smallest absolute Gasteiger partial charge is 0.131 e. The standard InChI is InChI=1S/C14H23ClN4/c1-11-13(14(15)17(2)16-11)10-18-6-4-8-19-7-3-5-12(19)9-18/h12H,3-10H2,1-2H3. The van der Waals surface area contributed by atoms with Gasteiger partial charge in [0.15, 0.2) is 0 Å². The predicted molar refractivity (Wildman–Crippen MR) is 77.4 cm³/mol. The average molecular weight is 283 g/mol. The van der Waals surface area contributed by atoms with E-state index in [0.717, 1.165) is 23.4 Å². The molecule has 2 aliphatic heterocycles. The van der Waals surface area contributed by atoms with Gasteiger partial charge in [-0.25, -0.2) is 0 Å². The lowest BCUT2D eigenvalue weighted by Crippen LogP contribution is -2.36. The van der Waals surface area contributed by atoms with E-state index in [1.54, 1.807) is 4.68 Å². The highest BCUT2D eigenvalue weighted by atomic mass is 35.5. The van der Waals surface area contributed by atoms with Crippen LogP contribution in [-0.2, 0) is 13.6 Å². The predicted octanol–water partition coefficient (Wildman–Crippen LogP) is 2.05. The van der Waals surface area contributed by atoms with Crippen molar-refractivity contribution in [2.45, 2.75) is 38.8 Å². The van der Waals surface area contributed by atoms with E-state index in [2.05, 4.69) is 21.8 Å². The summed E-state index contributed by atoms with van der Waals surface area (Å²) in [6, 6.07) is 0.762. The molecule has 3 heterocycles. The van der Waals surface area contributed by atoms with E-state index in [1.165, 1.54) is 51.0 Å². The minimum Gasteiger partial charge on any atom is -0.299 e. The molecule has 2 aliphatic rings. The van der Waals surface area contributed by atoms with E-state index in [9.17, 15) is 0 Å². The Morgan fingerprint density at radius 1 is 1.26 bits per heavy atom. The largest absolute Gasteiger partial charge is 0.299 e. The third-order valence-corrected chi connectivity index (χ3v) is 5.01. The molecule has 0 aromatic carbocycles. The van der Waals surface area contributed by atoms with Crippen LogP contribution in [0.4, 0.5) is 0 Å². The van der Waals surface area contributed by atoms with Crippen LogP contribution in [0.1, 0.15) is 30.5 Å². The van der Waals surface area contributed by atoms with Crippen LogP contribution in [0.2, 0.25) is 5.15 Å². The Hall–Kier alpha value is -0.580. The van der Waals surface area contributed by atoms with Crippen LogP contribution in [0.5, 0.6) is 0 Å². The van der Waals surface area contributed by atoms with Gasteiger partial charge in [0.05, 0.1) is 5.69 Å². The molecule has 0 saturated carbocycles. The summed E-state index contributed by atoms with van der Waals surface area (Å²) in [4.78, 5) is 5.23. The fourth-order valence-corrected chi connectivity index (χ4v) is 3.74. The number of hydrogen-bond donors (Lipinski definition) is 0. The second-order valence-corrected chi connectivity index (χ2v) is 6.26. The third-order valence-electron chi connectivity index (χ3n) is 4.54. The van der Waals surface area contributed by atoms with Crippen molar-refractivity contribution in [2.75, 3.05) is 26.2 Å². The molecule has 19 heavy (non-hydrogen) atoms. The maximum atomic E-state index is 6.35. The minimum atomic E-state index is 0.762. The lowest BCUT2D eigenvalue weighted by molar-refractivity contribution is 0.215. The van der Waals surface area contributed by atoms with E-state index in [0.29, 0.717) is 0 Å². The topological polar surface area (TPSA) is 24.3 Å². The van der Waals surface area contributed by atoms with Crippen molar-refractivity contribution in [3.63, 3.8) is 0 Å². The number of aryl methyl sites for hydroxylation is 2. The highest BCUT2D eigenvalue weighted by Crippen LogP contribution is 2.25. The first-order valence-corrected chi connectivity index (χ1v) is 7.67. The Kier molecular flexibility index (Phi) is 3.83. The maximum absolute atomic E-state index is 6.35. The monoisotopic (exact) mass is 282 g/mol. The van der Waals surface area contributed by atoms with E-state index < -0.39 is 0 Å². The van der Waals surface area contributed by atoms with Crippen LogP contribution in [0.3, 0.4) is 0 Å². The van der Waals surface area contributed by atoms with Crippen LogP contribution in [0, 0.1) is 6.92 Å². The Labute approximate surface area is 120 Å². The molecule has 1 aromatic heterocycles. The number of halogens is 1. The van der Waals surface area contributed by atoms with Gasteiger partial charge < -0.3 is 0 Å². The first-order chi connectivity index (χ1) is 9.15. The van der Waals surface area contributed by atoms with Crippen LogP contribution >= 0.6 is 11.6 Å². The molecule has 2 saturated heterocycles. The number of aromatic nitrogens is 2. The van der Waals surface area contributed by atoms with Crippen molar-refractivity contribution in [2.24, 2.45) is 7.05 Å². The van der Waals surface area contributed by atoms with Gasteiger partial charge in [0.1, 0.15) is 5.15 Å². The fraction of sp³-hybridized carbons (Fsp3) is 0.786. The second kappa shape index (κ2) is 5.43. The molecule has 1 atom stereocenters. The Morgan fingerprint density at radius 3 is 2.79 bits per heavy atom. The first kappa shape index (κ1) is 13.4. The lowest BCUT2D eigenvalue weighted by Gasteiger charge is -2.25. The van der Waals surface area contributed by atoms with Gasteiger partial charge in [0.2, 0.25) is 0 Å². The quantitative estimate of drug-likeness (QED) is 0.830. The van der Waals surface area contributed by atoms with Gasteiger partial charge in [-0.3, -0.25) is 14.5 Å². The minimum absolute atomic E-state index is 0.762. The molecular formula is C14H23ClN4. The van der Waals surface area contributed by atoms with Gasteiger partial charge in [0, 0.05) is 31.7 Å². The third kappa shape index (κ3) is 2.67. The molecule has 0 bridgehead atoms. The van der Waals surface area contributed by atoms with Crippen molar-refractivity contribution < 1.29 is 0 Å². The Balaban J connectivity index is 1.72. The molecule has 0 radical (unpaired) electrons. The summed E-state index contributed by atoms with van der Waals surface area (Å²) in [6.07, 6.45) is 3.99. The molecule has 106 valence electrons. The van der Waals surface area contributed by atoms with Crippen molar-refractivity contribution in [3.05, 3.63) is 16.4 Å². The van der Waals surface area contributed by atoms with Gasteiger partial charge in [0.25, 0.3) is 0 Å². The highest BCUT2D eigenvalue weighted by Gasteiger charge is 2.29. The van der Waals surface area contributed by atoms with Crippen LogP contribution in [0.15, 0.2) is 0 Å². The van der Waals surface area contributed by atoms with Crippen molar-refractivity contribution >= 4 is 11.6 Å². The van der Waals surface area contributed by atoms with Crippen LogP contribution in [-0.4, -0.2) is 51.8 Å². The molecule has 4 nitrogen and oxygen atoms in total. The molecule has 0 spiro atoms. The van der Waals surface area contributed by atoms with Crippen LogP contribution in [0.25, 0.3) is 0 Å². The fourth-order valence-electron chi connectivity index (χ4n) is 3.50. The van der Waals surface area contributed by atoms with Crippen molar-refractivity contribution in [3.8, 4) is 0 Å². The Bertz CT molecular complexity index is 457. The normalized spacial score (nSPS) is 25.5. The van der Waals surface area contributed by atoms with Gasteiger partial charge in [-0.15, -0.1) is 0 Å². The summed E-state index contributed by atoms with van der Waals surface area (Å²) in [5.74, 6) is 0. The zero-order valence-electron chi connectivity index (χ0n) is 11.9. The number of hydrogen-bond acceptors (Lipinski definition) is 3. The summed E-state index contributed by atoms with van der Waals surface area (Å²) in [7, 11) is 1.92. The van der Waals surface area contributed by atoms with E-state index in [4.69, 9.17) is 11.6 Å². The van der Waals surface area contributed by atoms with E-state index in [-0.39, 0.29) is 0 Å². The molecule has 5 heteroatoms. The SMILES string of the molecule is Cc1nn(C)c(Cl)c1CN1CCCN2CCCC2C1. The summed E-state index contributed by atoms with van der Waals surface area (Å²) in [5, 5.41) is 5.21. The van der Waals surface area contributed by atoms with Gasteiger partial charge >= 0.3 is 0 Å². The molecule has 0 N–H and O–H groups in total. The Morgan fingerprint density at radius 2 is 2.05 bits per heavy atom. The van der Waals surface area contributed by atoms with Gasteiger partial charge in [-0.1, -0.05) is 11.6 Å². The van der Waals surface area contributed by atoms with Crippen molar-refractivity contribution in [1.82, 2.24) is 19.6 Å². The zero-order valence-corrected chi connectivity index (χ0v) is 12.7. The highest BCUT2D eigenvalue weighted by molar-refractivity contribution is 6.30. The van der Waals surface area contributed by atoms with Gasteiger partial charge in [-0.2, -0.15) is 5.10 Å². The number of fused-ring (bicyclic) bond motifs is 1. The summed E-state index contributed by atoms with van der Waals surface area (Å²) in [6.45, 7) is 7.93. The molecule has 0 aliphatic carbocycles. The summed E-state index contributed by atoms with van der Waals surface area (Å²) >= 11 is 6.35. The molecule has 1 aromatic rings. The first-order valence-electron chi connectivity index (χ1n) is 7.29. The number of rotatable bonds is 2. The van der Waals surface area contributed by atoms with Gasteiger partial charge in [-0.05, 0) is 45.8 Å². The molecule has 1 unspecified atom stereocenters. The van der Waals surface area contributed by atoms with E-state index >= 15 is 0 Å². The van der Waals surface area contributed by atoms with Crippen LogP contribution < -0.4 is 0 Å². The number of nitrogens with zero attached hydrogens (tertiary/aromatic N) is 4. The second-order valence-electron chi connectivity index (χ2n) is 5.90. The molecule has 3 rings (SSSR count). The molecule has 0 amide bonds. The summed E-state index contributed by atoms with van der Waals surface area (Å²) < 4.78 is 1.78. The maximum Gasteiger partial charge on any atom is 0.131 e. The molecular weight excluding hydrogens is 260 g/mol. The van der Waals surface area contributed by atoms with E-state index in [1.807, 2.05) is 7.05 Å². The van der Waals surface area contributed by atoms with Crippen molar-refractivity contribution in [1.29, 1.82) is 0 Å².